The first-order valence-corrected chi connectivity index (χ1v) is 5.59. The summed E-state index contributed by atoms with van der Waals surface area (Å²) >= 11 is 0. The SMILES string of the molecule is COC(=O)C(CN)N1CC(C)OC(C)(C)C1. The summed E-state index contributed by atoms with van der Waals surface area (Å²) in [6, 6.07) is -0.365. The van der Waals surface area contributed by atoms with E-state index in [0.29, 0.717) is 13.1 Å². The molecule has 5 nitrogen and oxygen atoms in total. The third-order valence-corrected chi connectivity index (χ3v) is 2.73. The van der Waals surface area contributed by atoms with Gasteiger partial charge in [0.2, 0.25) is 0 Å². The van der Waals surface area contributed by atoms with E-state index in [1.165, 1.54) is 7.11 Å². The lowest BCUT2D eigenvalue weighted by molar-refractivity contribution is -0.161. The van der Waals surface area contributed by atoms with Gasteiger partial charge in [-0.1, -0.05) is 0 Å². The van der Waals surface area contributed by atoms with Crippen molar-refractivity contribution in [2.24, 2.45) is 5.73 Å². The van der Waals surface area contributed by atoms with Crippen LogP contribution in [0.4, 0.5) is 0 Å². The zero-order valence-electron chi connectivity index (χ0n) is 10.5. The predicted octanol–water partition coefficient (Wildman–Crippen LogP) is -0.0140. The van der Waals surface area contributed by atoms with Gasteiger partial charge in [0.25, 0.3) is 0 Å². The number of methoxy groups -OCH3 is 1. The lowest BCUT2D eigenvalue weighted by Gasteiger charge is -2.43. The lowest BCUT2D eigenvalue weighted by Crippen LogP contribution is -2.59. The summed E-state index contributed by atoms with van der Waals surface area (Å²) in [5, 5.41) is 0. The maximum absolute atomic E-state index is 11.6. The fraction of sp³-hybridized carbons (Fsp3) is 0.909. The molecule has 0 amide bonds. The van der Waals surface area contributed by atoms with Crippen molar-refractivity contribution in [3.8, 4) is 0 Å². The topological polar surface area (TPSA) is 64.8 Å². The first-order valence-electron chi connectivity index (χ1n) is 5.59. The molecule has 16 heavy (non-hydrogen) atoms. The predicted molar refractivity (Wildman–Crippen MR) is 61.1 cm³/mol. The van der Waals surface area contributed by atoms with Gasteiger partial charge in [-0.3, -0.25) is 9.69 Å². The zero-order chi connectivity index (χ0) is 12.3. The number of morpholine rings is 1. The van der Waals surface area contributed by atoms with E-state index in [1.54, 1.807) is 0 Å². The molecule has 2 N–H and O–H groups in total. The Morgan fingerprint density at radius 2 is 2.31 bits per heavy atom. The van der Waals surface area contributed by atoms with E-state index in [2.05, 4.69) is 0 Å². The molecule has 2 unspecified atom stereocenters. The van der Waals surface area contributed by atoms with Gasteiger partial charge >= 0.3 is 5.97 Å². The highest BCUT2D eigenvalue weighted by Gasteiger charge is 2.37. The third kappa shape index (κ3) is 3.17. The maximum Gasteiger partial charge on any atom is 0.324 e. The number of nitrogens with zero attached hydrogens (tertiary/aromatic N) is 1. The second-order valence-electron chi connectivity index (χ2n) is 4.89. The molecule has 0 bridgehead atoms. The van der Waals surface area contributed by atoms with Crippen LogP contribution in [0.2, 0.25) is 0 Å². The molecule has 94 valence electrons. The average molecular weight is 230 g/mol. The number of nitrogens with two attached hydrogens (primary N) is 1. The first-order chi connectivity index (χ1) is 7.39. The van der Waals surface area contributed by atoms with Crippen LogP contribution in [0.5, 0.6) is 0 Å². The quantitative estimate of drug-likeness (QED) is 0.691. The van der Waals surface area contributed by atoms with Gasteiger partial charge in [0.05, 0.1) is 18.8 Å². The van der Waals surface area contributed by atoms with Crippen LogP contribution in [0, 0.1) is 0 Å². The van der Waals surface area contributed by atoms with Crippen molar-refractivity contribution in [1.82, 2.24) is 4.90 Å². The summed E-state index contributed by atoms with van der Waals surface area (Å²) in [6.45, 7) is 7.70. The van der Waals surface area contributed by atoms with Crippen molar-refractivity contribution in [3.63, 3.8) is 0 Å². The summed E-state index contributed by atoms with van der Waals surface area (Å²) in [4.78, 5) is 13.6. The maximum atomic E-state index is 11.6. The van der Waals surface area contributed by atoms with Gasteiger partial charge in [0, 0.05) is 19.6 Å². The van der Waals surface area contributed by atoms with E-state index < -0.39 is 0 Å². The van der Waals surface area contributed by atoms with Crippen molar-refractivity contribution in [3.05, 3.63) is 0 Å². The van der Waals surface area contributed by atoms with Crippen LogP contribution < -0.4 is 5.73 Å². The van der Waals surface area contributed by atoms with Crippen molar-refractivity contribution >= 4 is 5.97 Å². The minimum absolute atomic E-state index is 0.0995. The number of esters is 1. The number of rotatable bonds is 3. The second kappa shape index (κ2) is 5.12. The zero-order valence-corrected chi connectivity index (χ0v) is 10.5. The van der Waals surface area contributed by atoms with Gasteiger partial charge in [-0.15, -0.1) is 0 Å². The molecule has 0 spiro atoms. The van der Waals surface area contributed by atoms with Crippen molar-refractivity contribution in [2.75, 3.05) is 26.7 Å². The van der Waals surface area contributed by atoms with Gasteiger partial charge in [0.1, 0.15) is 6.04 Å². The molecule has 0 aromatic carbocycles. The van der Waals surface area contributed by atoms with Gasteiger partial charge in [-0.25, -0.2) is 0 Å². The highest BCUT2D eigenvalue weighted by Crippen LogP contribution is 2.22. The molecule has 1 heterocycles. The highest BCUT2D eigenvalue weighted by molar-refractivity contribution is 5.76. The molecule has 5 heteroatoms. The lowest BCUT2D eigenvalue weighted by atomic mass is 10.0. The molecular formula is C11H22N2O3. The monoisotopic (exact) mass is 230 g/mol. The molecule has 1 aliphatic heterocycles. The van der Waals surface area contributed by atoms with Crippen LogP contribution in [-0.4, -0.2) is 55.4 Å². The number of hydrogen-bond donors (Lipinski definition) is 1. The van der Waals surface area contributed by atoms with Gasteiger partial charge in [-0.2, -0.15) is 0 Å². The Hall–Kier alpha value is -0.650. The van der Waals surface area contributed by atoms with E-state index >= 15 is 0 Å². The first kappa shape index (κ1) is 13.4. The standard InChI is InChI=1S/C11H22N2O3/c1-8-6-13(7-11(2,3)16-8)9(5-12)10(14)15-4/h8-9H,5-7,12H2,1-4H3. The van der Waals surface area contributed by atoms with Crippen molar-refractivity contribution < 1.29 is 14.3 Å². The minimum Gasteiger partial charge on any atom is -0.468 e. The normalized spacial score (nSPS) is 27.4. The molecule has 0 aromatic heterocycles. The molecule has 0 aliphatic carbocycles. The molecule has 1 fully saturated rings. The van der Waals surface area contributed by atoms with Crippen molar-refractivity contribution in [2.45, 2.75) is 38.5 Å². The molecule has 1 aliphatic rings. The second-order valence-corrected chi connectivity index (χ2v) is 4.89. The van der Waals surface area contributed by atoms with E-state index in [0.717, 1.165) is 0 Å². The smallest absolute Gasteiger partial charge is 0.324 e. The molecule has 0 radical (unpaired) electrons. The largest absolute Gasteiger partial charge is 0.468 e. The van der Waals surface area contributed by atoms with Crippen molar-refractivity contribution in [1.29, 1.82) is 0 Å². The van der Waals surface area contributed by atoms with E-state index in [1.807, 2.05) is 25.7 Å². The summed E-state index contributed by atoms with van der Waals surface area (Å²) in [5.74, 6) is -0.271. The van der Waals surface area contributed by atoms with E-state index in [-0.39, 0.29) is 30.3 Å². The molecule has 0 saturated carbocycles. The molecule has 1 saturated heterocycles. The average Bonchev–Trinajstić information content (AvgIpc) is 2.15. The summed E-state index contributed by atoms with van der Waals surface area (Å²) < 4.78 is 10.5. The van der Waals surface area contributed by atoms with Crippen LogP contribution in [0.15, 0.2) is 0 Å². The Morgan fingerprint density at radius 1 is 1.69 bits per heavy atom. The Kier molecular flexibility index (Phi) is 4.29. The fourth-order valence-corrected chi connectivity index (χ4v) is 2.27. The van der Waals surface area contributed by atoms with Crippen LogP contribution in [0.1, 0.15) is 20.8 Å². The van der Waals surface area contributed by atoms with Gasteiger partial charge in [0.15, 0.2) is 0 Å². The highest BCUT2D eigenvalue weighted by atomic mass is 16.5. The third-order valence-electron chi connectivity index (χ3n) is 2.73. The Bertz CT molecular complexity index is 256. The minimum atomic E-state index is -0.365. The molecule has 2 atom stereocenters. The number of ether oxygens (including phenoxy) is 2. The van der Waals surface area contributed by atoms with Gasteiger partial charge < -0.3 is 15.2 Å². The van der Waals surface area contributed by atoms with E-state index in [9.17, 15) is 4.79 Å². The van der Waals surface area contributed by atoms with E-state index in [4.69, 9.17) is 15.2 Å². The Morgan fingerprint density at radius 3 is 2.75 bits per heavy atom. The number of hydrogen-bond acceptors (Lipinski definition) is 5. The Balaban J connectivity index is 2.73. The summed E-state index contributed by atoms with van der Waals surface area (Å²) in [5.41, 5.74) is 5.38. The van der Waals surface area contributed by atoms with Crippen LogP contribution in [-0.2, 0) is 14.3 Å². The molecule has 0 aromatic rings. The van der Waals surface area contributed by atoms with Crippen LogP contribution in [0.25, 0.3) is 0 Å². The summed E-state index contributed by atoms with van der Waals surface area (Å²) in [6.07, 6.45) is 0.0995. The number of carbonyl (C=O) groups excluding carboxylic acids is 1. The van der Waals surface area contributed by atoms with Gasteiger partial charge in [-0.05, 0) is 20.8 Å². The van der Waals surface area contributed by atoms with Crippen LogP contribution in [0.3, 0.4) is 0 Å². The Labute approximate surface area is 96.9 Å². The summed E-state index contributed by atoms with van der Waals surface area (Å²) in [7, 11) is 1.39. The van der Waals surface area contributed by atoms with Crippen LogP contribution >= 0.6 is 0 Å². The fourth-order valence-electron chi connectivity index (χ4n) is 2.27. The molecule has 1 rings (SSSR count). The number of carbonyl (C=O) groups is 1. The molecular weight excluding hydrogens is 208 g/mol.